The van der Waals surface area contributed by atoms with Gasteiger partial charge in [0.2, 0.25) is 0 Å². The molecular weight excluding hydrogens is 354 g/mol. The third-order valence-electron chi connectivity index (χ3n) is 7.24. The average molecular weight is 380 g/mol. The summed E-state index contributed by atoms with van der Waals surface area (Å²) < 4.78 is 0. The van der Waals surface area contributed by atoms with Crippen molar-refractivity contribution in [2.75, 3.05) is 0 Å². The standard InChI is InChI=1S/C26H25NSi/c1-2-7-20-16-23(10-9-19(20)6-1)26-24-17-22-8-5-15-28(13-3-4-14-28)25(22)18-21(24)11-12-27-26/h1-2,6-7,9-12,16-18H,3-5,8,13-15H2. The molecule has 2 heteroatoms. The molecule has 1 fully saturated rings. The number of rotatable bonds is 1. The van der Waals surface area contributed by atoms with Gasteiger partial charge in [0.25, 0.3) is 0 Å². The minimum atomic E-state index is -1.21. The zero-order valence-electron chi connectivity index (χ0n) is 16.2. The lowest BCUT2D eigenvalue weighted by atomic mass is 9.98. The van der Waals surface area contributed by atoms with Crippen molar-refractivity contribution >= 4 is 34.8 Å². The van der Waals surface area contributed by atoms with Crippen LogP contribution in [0.5, 0.6) is 0 Å². The molecule has 138 valence electrons. The fourth-order valence-corrected chi connectivity index (χ4v) is 11.5. The molecule has 0 N–H and O–H groups in total. The largest absolute Gasteiger partial charge is 0.256 e. The van der Waals surface area contributed by atoms with E-state index in [2.05, 4.69) is 60.7 Å². The van der Waals surface area contributed by atoms with Gasteiger partial charge < -0.3 is 0 Å². The number of fused-ring (bicyclic) bond motifs is 4. The van der Waals surface area contributed by atoms with E-state index in [0.29, 0.717) is 0 Å². The number of pyridine rings is 1. The highest BCUT2D eigenvalue weighted by molar-refractivity contribution is 6.93. The summed E-state index contributed by atoms with van der Waals surface area (Å²) in [5.41, 5.74) is 4.01. The molecule has 1 spiro atoms. The zero-order valence-corrected chi connectivity index (χ0v) is 17.2. The van der Waals surface area contributed by atoms with Crippen LogP contribution >= 0.6 is 0 Å². The van der Waals surface area contributed by atoms with Crippen LogP contribution in [0.1, 0.15) is 24.8 Å². The maximum atomic E-state index is 4.83. The summed E-state index contributed by atoms with van der Waals surface area (Å²) in [6.45, 7) is 0. The van der Waals surface area contributed by atoms with E-state index in [1.54, 1.807) is 10.8 Å². The average Bonchev–Trinajstić information content (AvgIpc) is 3.21. The third-order valence-corrected chi connectivity index (χ3v) is 12.8. The monoisotopic (exact) mass is 379 g/mol. The lowest BCUT2D eigenvalue weighted by Gasteiger charge is -2.34. The van der Waals surface area contributed by atoms with Crippen molar-refractivity contribution in [3.63, 3.8) is 0 Å². The number of nitrogens with zero attached hydrogens (tertiary/aromatic N) is 1. The van der Waals surface area contributed by atoms with Gasteiger partial charge in [-0.3, -0.25) is 4.98 Å². The predicted molar refractivity (Wildman–Crippen MR) is 122 cm³/mol. The van der Waals surface area contributed by atoms with Gasteiger partial charge in [0.15, 0.2) is 0 Å². The second-order valence-electron chi connectivity index (χ2n) is 8.79. The Morgan fingerprint density at radius 1 is 0.714 bits per heavy atom. The highest BCUT2D eigenvalue weighted by atomic mass is 28.3. The minimum absolute atomic E-state index is 1.14. The second kappa shape index (κ2) is 6.28. The summed E-state index contributed by atoms with van der Waals surface area (Å²) in [4.78, 5) is 4.83. The van der Waals surface area contributed by atoms with Crippen LogP contribution < -0.4 is 5.19 Å². The van der Waals surface area contributed by atoms with Gasteiger partial charge in [0.05, 0.1) is 13.8 Å². The van der Waals surface area contributed by atoms with Crippen LogP contribution in [0.2, 0.25) is 18.1 Å². The Kier molecular flexibility index (Phi) is 3.70. The summed E-state index contributed by atoms with van der Waals surface area (Å²) in [6, 6.07) is 27.2. The van der Waals surface area contributed by atoms with Crippen LogP contribution in [0.15, 0.2) is 66.9 Å². The van der Waals surface area contributed by atoms with Crippen LogP contribution in [0.3, 0.4) is 0 Å². The molecule has 0 atom stereocenters. The van der Waals surface area contributed by atoms with Gasteiger partial charge in [0.1, 0.15) is 0 Å². The molecule has 1 aromatic heterocycles. The van der Waals surface area contributed by atoms with E-state index in [0.717, 1.165) is 5.69 Å². The first-order valence-electron chi connectivity index (χ1n) is 10.7. The van der Waals surface area contributed by atoms with Crippen LogP contribution in [0.4, 0.5) is 0 Å². The maximum absolute atomic E-state index is 4.83. The van der Waals surface area contributed by atoms with Gasteiger partial charge in [0, 0.05) is 17.1 Å². The van der Waals surface area contributed by atoms with Crippen molar-refractivity contribution < 1.29 is 0 Å². The highest BCUT2D eigenvalue weighted by Gasteiger charge is 2.41. The summed E-state index contributed by atoms with van der Waals surface area (Å²) >= 11 is 0. The van der Waals surface area contributed by atoms with Crippen molar-refractivity contribution in [2.45, 2.75) is 43.8 Å². The van der Waals surface area contributed by atoms with Gasteiger partial charge in [-0.05, 0) is 46.3 Å². The highest BCUT2D eigenvalue weighted by Crippen LogP contribution is 2.39. The molecule has 6 rings (SSSR count). The number of hydrogen-bond acceptors (Lipinski definition) is 1. The van der Waals surface area contributed by atoms with E-state index < -0.39 is 8.07 Å². The molecule has 1 saturated heterocycles. The van der Waals surface area contributed by atoms with E-state index in [-0.39, 0.29) is 0 Å². The van der Waals surface area contributed by atoms with Crippen LogP contribution in [-0.4, -0.2) is 13.1 Å². The normalized spacial score (nSPS) is 18.0. The summed E-state index contributed by atoms with van der Waals surface area (Å²) in [5.74, 6) is 0. The van der Waals surface area contributed by atoms with Gasteiger partial charge in [-0.25, -0.2) is 0 Å². The molecule has 0 amide bonds. The van der Waals surface area contributed by atoms with Crippen LogP contribution in [-0.2, 0) is 6.42 Å². The quantitative estimate of drug-likeness (QED) is 0.346. The van der Waals surface area contributed by atoms with Crippen molar-refractivity contribution in [1.82, 2.24) is 4.98 Å². The predicted octanol–water partition coefficient (Wildman–Crippen LogP) is 6.45. The molecule has 1 nitrogen and oxygen atoms in total. The lowest BCUT2D eigenvalue weighted by Crippen LogP contribution is -2.49. The molecule has 0 aliphatic carbocycles. The van der Waals surface area contributed by atoms with E-state index in [4.69, 9.17) is 4.98 Å². The number of aryl methyl sites for hydroxylation is 1. The fourth-order valence-electron chi connectivity index (χ4n) is 5.86. The molecule has 28 heavy (non-hydrogen) atoms. The van der Waals surface area contributed by atoms with E-state index in [1.807, 2.05) is 6.20 Å². The summed E-state index contributed by atoms with van der Waals surface area (Å²) in [7, 11) is -1.21. The molecule has 3 heterocycles. The van der Waals surface area contributed by atoms with Crippen molar-refractivity contribution in [3.8, 4) is 11.3 Å². The SMILES string of the molecule is c1ccc2cc(-c3nccc4cc5c(cc34)CCC[Si]53CCCC3)ccc2c1. The maximum Gasteiger partial charge on any atom is 0.0871 e. The summed E-state index contributed by atoms with van der Waals surface area (Å²) in [5, 5.41) is 7.09. The topological polar surface area (TPSA) is 12.9 Å². The minimum Gasteiger partial charge on any atom is -0.256 e. The second-order valence-corrected chi connectivity index (χ2v) is 13.4. The molecule has 0 saturated carbocycles. The van der Waals surface area contributed by atoms with Crippen molar-refractivity contribution in [2.24, 2.45) is 0 Å². The first-order valence-corrected chi connectivity index (χ1v) is 13.4. The Labute approximate surface area is 167 Å². The molecule has 3 aromatic carbocycles. The van der Waals surface area contributed by atoms with E-state index >= 15 is 0 Å². The zero-order chi connectivity index (χ0) is 18.6. The van der Waals surface area contributed by atoms with Gasteiger partial charge >= 0.3 is 0 Å². The van der Waals surface area contributed by atoms with Gasteiger partial charge in [-0.2, -0.15) is 0 Å². The first kappa shape index (κ1) is 16.5. The molecule has 4 aromatic rings. The summed E-state index contributed by atoms with van der Waals surface area (Å²) in [6.07, 6.45) is 7.58. The molecule has 0 unspecified atom stereocenters. The third kappa shape index (κ3) is 2.47. The Balaban J connectivity index is 1.56. The van der Waals surface area contributed by atoms with Crippen LogP contribution in [0.25, 0.3) is 32.8 Å². The van der Waals surface area contributed by atoms with E-state index in [9.17, 15) is 0 Å². The van der Waals surface area contributed by atoms with E-state index in [1.165, 1.54) is 70.9 Å². The number of benzene rings is 3. The first-order chi connectivity index (χ1) is 13.8. The van der Waals surface area contributed by atoms with Crippen molar-refractivity contribution in [3.05, 3.63) is 72.4 Å². The Hall–Kier alpha value is -2.45. The molecule has 0 radical (unpaired) electrons. The number of aromatic nitrogens is 1. The van der Waals surface area contributed by atoms with Crippen LogP contribution in [0, 0.1) is 0 Å². The number of hydrogen-bond donors (Lipinski definition) is 0. The van der Waals surface area contributed by atoms with Gasteiger partial charge in [-0.15, -0.1) is 0 Å². The smallest absolute Gasteiger partial charge is 0.0871 e. The molecule has 2 aliphatic rings. The lowest BCUT2D eigenvalue weighted by molar-refractivity contribution is 0.883. The molecular formula is C26H25NSi. The molecule has 0 bridgehead atoms. The molecule has 2 aliphatic heterocycles. The Bertz CT molecular complexity index is 1200. The fraction of sp³-hybridized carbons (Fsp3) is 0.269. The van der Waals surface area contributed by atoms with Crippen molar-refractivity contribution in [1.29, 1.82) is 0 Å². The Morgan fingerprint density at radius 3 is 2.43 bits per heavy atom. The Morgan fingerprint density at radius 2 is 1.54 bits per heavy atom. The van der Waals surface area contributed by atoms with Gasteiger partial charge in [-0.1, -0.05) is 85.0 Å².